The lowest BCUT2D eigenvalue weighted by atomic mass is 9.89. The van der Waals surface area contributed by atoms with Crippen molar-refractivity contribution >= 4 is 22.6 Å². The molecule has 156 valence electrons. The highest BCUT2D eigenvalue weighted by Crippen LogP contribution is 2.39. The minimum Gasteiger partial charge on any atom is -0.477 e. The van der Waals surface area contributed by atoms with Crippen LogP contribution in [0.1, 0.15) is 54.1 Å². The van der Waals surface area contributed by atoms with Gasteiger partial charge in [-0.1, -0.05) is 0 Å². The van der Waals surface area contributed by atoms with Gasteiger partial charge in [-0.2, -0.15) is 0 Å². The number of aromatic carboxylic acids is 1. The molecule has 29 heavy (non-hydrogen) atoms. The highest BCUT2D eigenvalue weighted by atomic mass is 16.4. The summed E-state index contributed by atoms with van der Waals surface area (Å²) < 4.78 is 1.98. The van der Waals surface area contributed by atoms with Gasteiger partial charge in [0.05, 0.1) is 11.6 Å². The van der Waals surface area contributed by atoms with Crippen molar-refractivity contribution in [3.05, 3.63) is 39.7 Å². The highest BCUT2D eigenvalue weighted by molar-refractivity contribution is 5.95. The molecule has 2 heterocycles. The van der Waals surface area contributed by atoms with Crippen LogP contribution in [-0.4, -0.2) is 51.7 Å². The van der Waals surface area contributed by atoms with Crippen molar-refractivity contribution in [1.82, 2.24) is 4.57 Å². The molecule has 0 radical (unpaired) electrons. The molecular weight excluding hydrogens is 372 g/mol. The van der Waals surface area contributed by atoms with Gasteiger partial charge in [-0.3, -0.25) is 4.79 Å². The average molecular weight is 400 g/mol. The number of pyridine rings is 1. The van der Waals surface area contributed by atoms with E-state index in [1.807, 2.05) is 17.6 Å². The standard InChI is InChI=1S/C22H28N2O5/c1-13-18(23-9-6-14(7-10-23)19(26)8-11-25)5-4-16-20(13)24(15-2-3-15)12-17(21(16)27)22(28)29/h4-5,12,14-15,19,25-26H,2-3,6-11H2,1H3,(H,28,29). The number of aliphatic hydroxyl groups excluding tert-OH is 2. The zero-order chi connectivity index (χ0) is 20.7. The topological polar surface area (TPSA) is 103 Å². The van der Waals surface area contributed by atoms with E-state index in [0.29, 0.717) is 11.8 Å². The molecule has 2 aliphatic rings. The molecule has 1 aromatic carbocycles. The SMILES string of the molecule is Cc1c(N2CCC(C(O)CCO)CC2)ccc2c(=O)c(C(=O)O)cn(C3CC3)c12. The molecule has 1 aromatic heterocycles. The number of piperidine rings is 1. The molecule has 1 saturated heterocycles. The van der Waals surface area contributed by atoms with Gasteiger partial charge in [0, 0.05) is 43.0 Å². The van der Waals surface area contributed by atoms with Crippen molar-refractivity contribution < 1.29 is 20.1 Å². The van der Waals surface area contributed by atoms with Crippen molar-refractivity contribution in [2.75, 3.05) is 24.6 Å². The van der Waals surface area contributed by atoms with E-state index in [1.54, 1.807) is 6.07 Å². The number of aliphatic hydroxyl groups is 2. The average Bonchev–Trinajstić information content (AvgIpc) is 3.54. The van der Waals surface area contributed by atoms with Crippen LogP contribution in [0.5, 0.6) is 0 Å². The first-order valence-corrected chi connectivity index (χ1v) is 10.4. The minimum absolute atomic E-state index is 0.00217. The summed E-state index contributed by atoms with van der Waals surface area (Å²) in [4.78, 5) is 26.5. The van der Waals surface area contributed by atoms with E-state index in [4.69, 9.17) is 5.11 Å². The Morgan fingerprint density at radius 1 is 1.21 bits per heavy atom. The van der Waals surface area contributed by atoms with Crippen molar-refractivity contribution in [2.24, 2.45) is 5.92 Å². The van der Waals surface area contributed by atoms with E-state index in [2.05, 4.69) is 4.90 Å². The Kier molecular flexibility index (Phi) is 5.36. The number of aryl methyl sites for hydroxylation is 1. The van der Waals surface area contributed by atoms with Crippen LogP contribution in [-0.2, 0) is 0 Å². The third kappa shape index (κ3) is 3.65. The van der Waals surface area contributed by atoms with E-state index < -0.39 is 17.5 Å². The summed E-state index contributed by atoms with van der Waals surface area (Å²) in [5.74, 6) is -0.988. The van der Waals surface area contributed by atoms with Crippen molar-refractivity contribution in [3.8, 4) is 0 Å². The number of aromatic nitrogens is 1. The van der Waals surface area contributed by atoms with Crippen molar-refractivity contribution in [3.63, 3.8) is 0 Å². The minimum atomic E-state index is -1.18. The Hall–Kier alpha value is -2.38. The number of fused-ring (bicyclic) bond motifs is 1. The summed E-state index contributed by atoms with van der Waals surface area (Å²) in [5, 5.41) is 29.1. The zero-order valence-corrected chi connectivity index (χ0v) is 16.7. The van der Waals surface area contributed by atoms with Crippen LogP contribution in [0, 0.1) is 12.8 Å². The number of hydrogen-bond acceptors (Lipinski definition) is 5. The third-order valence-electron chi connectivity index (χ3n) is 6.44. The Bertz CT molecular complexity index is 987. The lowest BCUT2D eigenvalue weighted by Gasteiger charge is -2.36. The Morgan fingerprint density at radius 2 is 1.90 bits per heavy atom. The lowest BCUT2D eigenvalue weighted by Crippen LogP contribution is -2.38. The molecule has 1 saturated carbocycles. The summed E-state index contributed by atoms with van der Waals surface area (Å²) in [6.45, 7) is 3.62. The number of rotatable bonds is 6. The maximum atomic E-state index is 12.7. The highest BCUT2D eigenvalue weighted by Gasteiger charge is 2.30. The fourth-order valence-electron chi connectivity index (χ4n) is 4.64. The second-order valence-corrected chi connectivity index (χ2v) is 8.33. The van der Waals surface area contributed by atoms with Gasteiger partial charge in [0.25, 0.3) is 0 Å². The fourth-order valence-corrected chi connectivity index (χ4v) is 4.64. The van der Waals surface area contributed by atoms with Gasteiger partial charge >= 0.3 is 5.97 Å². The van der Waals surface area contributed by atoms with Crippen LogP contribution in [0.25, 0.3) is 10.9 Å². The van der Waals surface area contributed by atoms with E-state index in [1.165, 1.54) is 6.20 Å². The molecule has 1 aliphatic carbocycles. The van der Waals surface area contributed by atoms with Crippen LogP contribution in [0.3, 0.4) is 0 Å². The van der Waals surface area contributed by atoms with Crippen LogP contribution in [0.4, 0.5) is 5.69 Å². The predicted octanol–water partition coefficient (Wildman–Crippen LogP) is 2.30. The van der Waals surface area contributed by atoms with Gasteiger partial charge in [-0.05, 0) is 62.6 Å². The largest absolute Gasteiger partial charge is 0.477 e. The zero-order valence-electron chi connectivity index (χ0n) is 16.7. The molecule has 0 bridgehead atoms. The summed E-state index contributed by atoms with van der Waals surface area (Å²) in [5.41, 5.74) is 2.30. The van der Waals surface area contributed by atoms with E-state index in [-0.39, 0.29) is 24.1 Å². The maximum absolute atomic E-state index is 12.7. The second kappa shape index (κ2) is 7.80. The van der Waals surface area contributed by atoms with Crippen molar-refractivity contribution in [1.29, 1.82) is 0 Å². The second-order valence-electron chi connectivity index (χ2n) is 8.33. The lowest BCUT2D eigenvalue weighted by molar-refractivity contribution is 0.0669. The molecule has 2 fully saturated rings. The number of carboxylic acid groups (broad SMARTS) is 1. The Morgan fingerprint density at radius 3 is 2.48 bits per heavy atom. The van der Waals surface area contributed by atoms with Gasteiger partial charge in [-0.25, -0.2) is 4.79 Å². The first-order chi connectivity index (χ1) is 13.9. The molecule has 1 unspecified atom stereocenters. The first-order valence-electron chi connectivity index (χ1n) is 10.4. The summed E-state index contributed by atoms with van der Waals surface area (Å²) in [6, 6.07) is 3.94. The third-order valence-corrected chi connectivity index (χ3v) is 6.44. The quantitative estimate of drug-likeness (QED) is 0.688. The number of carbonyl (C=O) groups is 1. The Balaban J connectivity index is 1.70. The monoisotopic (exact) mass is 400 g/mol. The molecule has 7 nitrogen and oxygen atoms in total. The molecule has 1 atom stereocenters. The molecule has 0 spiro atoms. The summed E-state index contributed by atoms with van der Waals surface area (Å²) in [7, 11) is 0. The first kappa shape index (κ1) is 19.9. The predicted molar refractivity (Wildman–Crippen MR) is 111 cm³/mol. The van der Waals surface area contributed by atoms with Gasteiger partial charge in [0.1, 0.15) is 5.56 Å². The van der Waals surface area contributed by atoms with Crippen molar-refractivity contribution in [2.45, 2.75) is 51.2 Å². The number of nitrogens with zero attached hydrogens (tertiary/aromatic N) is 2. The molecule has 1 aliphatic heterocycles. The fraction of sp³-hybridized carbons (Fsp3) is 0.545. The maximum Gasteiger partial charge on any atom is 0.341 e. The van der Waals surface area contributed by atoms with E-state index >= 15 is 0 Å². The smallest absolute Gasteiger partial charge is 0.341 e. The normalized spacial score (nSPS) is 18.9. The van der Waals surface area contributed by atoms with Crippen LogP contribution < -0.4 is 10.3 Å². The van der Waals surface area contributed by atoms with E-state index in [9.17, 15) is 19.8 Å². The number of carboxylic acids is 1. The molecule has 2 aromatic rings. The summed E-state index contributed by atoms with van der Waals surface area (Å²) >= 11 is 0. The summed E-state index contributed by atoms with van der Waals surface area (Å²) in [6.07, 6.45) is 5.16. The molecular formula is C22H28N2O5. The molecule has 4 rings (SSSR count). The van der Waals surface area contributed by atoms with Gasteiger partial charge < -0.3 is 24.8 Å². The number of hydrogen-bond donors (Lipinski definition) is 3. The molecule has 7 heteroatoms. The van der Waals surface area contributed by atoms with Gasteiger partial charge in [0.15, 0.2) is 0 Å². The van der Waals surface area contributed by atoms with Crippen LogP contribution in [0.15, 0.2) is 23.1 Å². The van der Waals surface area contributed by atoms with Gasteiger partial charge in [0.2, 0.25) is 5.43 Å². The van der Waals surface area contributed by atoms with Gasteiger partial charge in [-0.15, -0.1) is 0 Å². The molecule has 3 N–H and O–H groups in total. The van der Waals surface area contributed by atoms with E-state index in [0.717, 1.165) is 55.5 Å². The number of benzene rings is 1. The number of anilines is 1. The van der Waals surface area contributed by atoms with Crippen LogP contribution >= 0.6 is 0 Å². The molecule has 0 amide bonds. The Labute approximate surface area is 169 Å². The van der Waals surface area contributed by atoms with Crippen LogP contribution in [0.2, 0.25) is 0 Å².